The van der Waals surface area contributed by atoms with E-state index in [0.717, 1.165) is 5.56 Å². The summed E-state index contributed by atoms with van der Waals surface area (Å²) in [5.74, 6) is 0.270. The topological polar surface area (TPSA) is 76.7 Å². The standard InChI is InChI=1S/C20H21ClN2O4/c1-3-26-17-11-9-14(13-18(17)27-4-2)10-12-19(24)22-23-20(25)15-7-5-6-8-16(15)21/h5-13H,3-4H2,1-2H3,(H,22,24)(H,23,25)/b12-10+. The maximum atomic E-state index is 12.0. The SMILES string of the molecule is CCOc1ccc(/C=C/C(=O)NNC(=O)c2ccccc2Cl)cc1OCC. The summed E-state index contributed by atoms with van der Waals surface area (Å²) in [6.45, 7) is 4.81. The van der Waals surface area contributed by atoms with E-state index in [4.69, 9.17) is 21.1 Å². The quantitative estimate of drug-likeness (QED) is 0.561. The van der Waals surface area contributed by atoms with Crippen molar-refractivity contribution < 1.29 is 19.1 Å². The number of amides is 2. The molecule has 0 aromatic heterocycles. The van der Waals surface area contributed by atoms with Gasteiger partial charge in [-0.1, -0.05) is 29.8 Å². The predicted octanol–water partition coefficient (Wildman–Crippen LogP) is 3.61. The summed E-state index contributed by atoms with van der Waals surface area (Å²) in [6, 6.07) is 11.9. The Balaban J connectivity index is 1.97. The van der Waals surface area contributed by atoms with Crippen molar-refractivity contribution in [2.24, 2.45) is 0 Å². The number of hydrogen-bond donors (Lipinski definition) is 2. The third-order valence-corrected chi connectivity index (χ3v) is 3.74. The molecule has 0 aliphatic rings. The molecule has 2 N–H and O–H groups in total. The average molecular weight is 389 g/mol. The summed E-state index contributed by atoms with van der Waals surface area (Å²) in [5.41, 5.74) is 5.66. The molecule has 142 valence electrons. The van der Waals surface area contributed by atoms with Crippen LogP contribution in [0.1, 0.15) is 29.8 Å². The zero-order valence-corrected chi connectivity index (χ0v) is 15.9. The fraction of sp³-hybridized carbons (Fsp3) is 0.200. The van der Waals surface area contributed by atoms with Crippen LogP contribution >= 0.6 is 11.6 Å². The van der Waals surface area contributed by atoms with Gasteiger partial charge in [-0.2, -0.15) is 0 Å². The van der Waals surface area contributed by atoms with E-state index < -0.39 is 11.8 Å². The Morgan fingerprint density at radius 3 is 2.41 bits per heavy atom. The van der Waals surface area contributed by atoms with Crippen LogP contribution in [0.3, 0.4) is 0 Å². The molecule has 2 amide bonds. The number of carbonyl (C=O) groups excluding carboxylic acids is 2. The molecular weight excluding hydrogens is 368 g/mol. The highest BCUT2D eigenvalue weighted by atomic mass is 35.5. The zero-order chi connectivity index (χ0) is 19.6. The molecule has 0 aliphatic carbocycles. The third kappa shape index (κ3) is 6.04. The Bertz CT molecular complexity index is 836. The van der Waals surface area contributed by atoms with Crippen molar-refractivity contribution in [1.82, 2.24) is 10.9 Å². The van der Waals surface area contributed by atoms with E-state index in [2.05, 4.69) is 10.9 Å². The normalized spacial score (nSPS) is 10.5. The van der Waals surface area contributed by atoms with Gasteiger partial charge in [0.2, 0.25) is 0 Å². The molecule has 0 bridgehead atoms. The molecule has 6 nitrogen and oxygen atoms in total. The molecule has 27 heavy (non-hydrogen) atoms. The molecular formula is C20H21ClN2O4. The van der Waals surface area contributed by atoms with Gasteiger partial charge in [-0.25, -0.2) is 0 Å². The number of nitrogens with one attached hydrogen (secondary N) is 2. The van der Waals surface area contributed by atoms with Crippen LogP contribution in [-0.4, -0.2) is 25.0 Å². The Kier molecular flexibility index (Phi) is 7.70. The van der Waals surface area contributed by atoms with Crippen molar-refractivity contribution in [3.63, 3.8) is 0 Å². The van der Waals surface area contributed by atoms with Crippen molar-refractivity contribution in [1.29, 1.82) is 0 Å². The summed E-state index contributed by atoms with van der Waals surface area (Å²) in [4.78, 5) is 23.9. The number of benzene rings is 2. The fourth-order valence-electron chi connectivity index (χ4n) is 2.22. The van der Waals surface area contributed by atoms with Gasteiger partial charge in [0.25, 0.3) is 11.8 Å². The van der Waals surface area contributed by atoms with E-state index in [-0.39, 0.29) is 5.56 Å². The first-order chi connectivity index (χ1) is 13.0. The van der Waals surface area contributed by atoms with Gasteiger partial charge >= 0.3 is 0 Å². The van der Waals surface area contributed by atoms with E-state index in [1.54, 1.807) is 48.5 Å². The number of hydrogen-bond acceptors (Lipinski definition) is 4. The first-order valence-electron chi connectivity index (χ1n) is 8.47. The van der Waals surface area contributed by atoms with Gasteiger partial charge in [0.15, 0.2) is 11.5 Å². The minimum Gasteiger partial charge on any atom is -0.490 e. The van der Waals surface area contributed by atoms with Crippen LogP contribution in [0.2, 0.25) is 5.02 Å². The molecule has 7 heteroatoms. The van der Waals surface area contributed by atoms with Crippen LogP contribution in [0, 0.1) is 0 Å². The minimum atomic E-state index is -0.498. The third-order valence-electron chi connectivity index (χ3n) is 3.41. The number of ether oxygens (including phenoxy) is 2. The van der Waals surface area contributed by atoms with Crippen LogP contribution in [0.25, 0.3) is 6.08 Å². The largest absolute Gasteiger partial charge is 0.490 e. The van der Waals surface area contributed by atoms with E-state index in [0.29, 0.717) is 29.7 Å². The smallest absolute Gasteiger partial charge is 0.271 e. The highest BCUT2D eigenvalue weighted by Gasteiger charge is 2.09. The molecule has 0 aliphatic heterocycles. The van der Waals surface area contributed by atoms with Gasteiger partial charge < -0.3 is 9.47 Å². The Hall–Kier alpha value is -2.99. The molecule has 2 aromatic rings. The first kappa shape index (κ1) is 20.3. The summed E-state index contributed by atoms with van der Waals surface area (Å²) in [5, 5.41) is 0.303. The van der Waals surface area contributed by atoms with Crippen LogP contribution in [0.5, 0.6) is 11.5 Å². The predicted molar refractivity (Wildman–Crippen MR) is 105 cm³/mol. The summed E-state index contributed by atoms with van der Waals surface area (Å²) < 4.78 is 11.0. The van der Waals surface area contributed by atoms with Crippen molar-refractivity contribution in [3.05, 3.63) is 64.7 Å². The van der Waals surface area contributed by atoms with Crippen molar-refractivity contribution in [2.75, 3.05) is 13.2 Å². The maximum absolute atomic E-state index is 12.0. The molecule has 0 saturated heterocycles. The van der Waals surface area contributed by atoms with Crippen molar-refractivity contribution >= 4 is 29.5 Å². The van der Waals surface area contributed by atoms with E-state index in [1.165, 1.54) is 6.08 Å². The lowest BCUT2D eigenvalue weighted by atomic mass is 10.2. The Labute approximate surface area is 163 Å². The number of carbonyl (C=O) groups is 2. The van der Waals surface area contributed by atoms with Gasteiger partial charge in [-0.3, -0.25) is 20.4 Å². The fourth-order valence-corrected chi connectivity index (χ4v) is 2.44. The highest BCUT2D eigenvalue weighted by Crippen LogP contribution is 2.28. The molecule has 0 atom stereocenters. The summed E-state index contributed by atoms with van der Waals surface area (Å²) in [6.07, 6.45) is 2.91. The second kappa shape index (κ2) is 10.2. The number of rotatable bonds is 7. The summed E-state index contributed by atoms with van der Waals surface area (Å²) >= 11 is 5.94. The molecule has 0 heterocycles. The molecule has 2 aromatic carbocycles. The van der Waals surface area contributed by atoms with Gasteiger partial charge in [0.05, 0.1) is 23.8 Å². The lowest BCUT2D eigenvalue weighted by Gasteiger charge is -2.11. The average Bonchev–Trinajstić information content (AvgIpc) is 2.67. The van der Waals surface area contributed by atoms with Crippen molar-refractivity contribution in [2.45, 2.75) is 13.8 Å². The van der Waals surface area contributed by atoms with Crippen molar-refractivity contribution in [3.8, 4) is 11.5 Å². The second-order valence-electron chi connectivity index (χ2n) is 5.33. The molecule has 0 unspecified atom stereocenters. The number of halogens is 1. The van der Waals surface area contributed by atoms with E-state index >= 15 is 0 Å². The van der Waals surface area contributed by atoms with Gasteiger partial charge in [0.1, 0.15) is 0 Å². The van der Waals surface area contributed by atoms with Gasteiger partial charge in [-0.05, 0) is 49.8 Å². The molecule has 2 rings (SSSR count). The Morgan fingerprint density at radius 2 is 1.70 bits per heavy atom. The maximum Gasteiger partial charge on any atom is 0.271 e. The van der Waals surface area contributed by atoms with E-state index in [9.17, 15) is 9.59 Å². The van der Waals surface area contributed by atoms with Crippen LogP contribution in [0.15, 0.2) is 48.5 Å². The lowest BCUT2D eigenvalue weighted by molar-refractivity contribution is -0.117. The zero-order valence-electron chi connectivity index (χ0n) is 15.1. The Morgan fingerprint density at radius 1 is 1.00 bits per heavy atom. The van der Waals surface area contributed by atoms with Crippen LogP contribution in [0.4, 0.5) is 0 Å². The highest BCUT2D eigenvalue weighted by molar-refractivity contribution is 6.33. The summed E-state index contributed by atoms with van der Waals surface area (Å²) in [7, 11) is 0. The molecule has 0 fully saturated rings. The molecule has 0 radical (unpaired) electrons. The van der Waals surface area contributed by atoms with Crippen LogP contribution in [-0.2, 0) is 4.79 Å². The van der Waals surface area contributed by atoms with Gasteiger partial charge in [-0.15, -0.1) is 0 Å². The van der Waals surface area contributed by atoms with Gasteiger partial charge in [0, 0.05) is 6.08 Å². The monoisotopic (exact) mass is 388 g/mol. The lowest BCUT2D eigenvalue weighted by Crippen LogP contribution is -2.40. The minimum absolute atomic E-state index is 0.274. The molecule has 0 spiro atoms. The molecule has 0 saturated carbocycles. The second-order valence-corrected chi connectivity index (χ2v) is 5.74. The number of hydrazine groups is 1. The first-order valence-corrected chi connectivity index (χ1v) is 8.85. The van der Waals surface area contributed by atoms with Crippen LogP contribution < -0.4 is 20.3 Å². The van der Waals surface area contributed by atoms with E-state index in [1.807, 2.05) is 13.8 Å².